The third-order valence-electron chi connectivity index (χ3n) is 3.90. The van der Waals surface area contributed by atoms with E-state index in [2.05, 4.69) is 20.4 Å². The number of hydrogen-bond donors (Lipinski definition) is 1. The molecule has 0 aliphatic carbocycles. The summed E-state index contributed by atoms with van der Waals surface area (Å²) in [6.07, 6.45) is 2.81. The second-order valence-electron chi connectivity index (χ2n) is 5.67. The molecule has 0 bridgehead atoms. The molecule has 1 amide bonds. The van der Waals surface area contributed by atoms with Gasteiger partial charge in [-0.25, -0.2) is 9.97 Å². The lowest BCUT2D eigenvalue weighted by Gasteiger charge is -2.05. The van der Waals surface area contributed by atoms with Gasteiger partial charge < -0.3 is 5.32 Å². The highest BCUT2D eigenvalue weighted by Gasteiger charge is 2.13. The quantitative estimate of drug-likeness (QED) is 0.604. The van der Waals surface area contributed by atoms with Crippen LogP contribution in [0.2, 0.25) is 0 Å². The van der Waals surface area contributed by atoms with Gasteiger partial charge in [0.1, 0.15) is 18.3 Å². The van der Waals surface area contributed by atoms with Crippen LogP contribution in [0.25, 0.3) is 21.3 Å². The number of carbonyl (C=O) groups is 1. The molecule has 4 aromatic rings. The third kappa shape index (κ3) is 2.68. The lowest BCUT2D eigenvalue weighted by molar-refractivity contribution is -0.116. The molecule has 0 unspecified atom stereocenters. The first-order valence-electron chi connectivity index (χ1n) is 7.56. The van der Waals surface area contributed by atoms with Gasteiger partial charge in [0, 0.05) is 7.05 Å². The summed E-state index contributed by atoms with van der Waals surface area (Å²) in [5.74, 6) is -0.330. The van der Waals surface area contributed by atoms with Gasteiger partial charge in [-0.2, -0.15) is 5.10 Å². The molecule has 3 heterocycles. The fourth-order valence-corrected chi connectivity index (χ4v) is 3.59. The zero-order valence-electron chi connectivity index (χ0n) is 13.6. The molecule has 0 saturated heterocycles. The summed E-state index contributed by atoms with van der Waals surface area (Å²) in [5.41, 5.74) is 2.12. The van der Waals surface area contributed by atoms with Crippen LogP contribution in [-0.4, -0.2) is 30.2 Å². The molecule has 1 N–H and O–H groups in total. The maximum Gasteiger partial charge on any atom is 0.264 e. The Labute approximate surface area is 145 Å². The average molecular weight is 354 g/mol. The highest BCUT2D eigenvalue weighted by atomic mass is 32.1. The molecule has 1 aromatic carbocycles. The Bertz CT molecular complexity index is 1170. The first-order valence-corrected chi connectivity index (χ1v) is 8.38. The van der Waals surface area contributed by atoms with Crippen LogP contribution in [0.5, 0.6) is 0 Å². The van der Waals surface area contributed by atoms with E-state index in [1.807, 2.05) is 25.1 Å². The van der Waals surface area contributed by atoms with E-state index < -0.39 is 0 Å². The number of fused-ring (bicyclic) bond motifs is 2. The lowest BCUT2D eigenvalue weighted by Crippen LogP contribution is -2.27. The van der Waals surface area contributed by atoms with Crippen LogP contribution in [0.1, 0.15) is 5.56 Å². The van der Waals surface area contributed by atoms with Gasteiger partial charge in [-0.1, -0.05) is 23.5 Å². The second-order valence-corrected chi connectivity index (χ2v) is 6.70. The number of aromatic nitrogens is 5. The van der Waals surface area contributed by atoms with Crippen LogP contribution in [0.4, 0.5) is 5.13 Å². The number of nitrogens with zero attached hydrogens (tertiary/aromatic N) is 5. The molecular weight excluding hydrogens is 340 g/mol. The number of amides is 1. The molecule has 0 atom stereocenters. The summed E-state index contributed by atoms with van der Waals surface area (Å²) in [5, 5.41) is 7.65. The van der Waals surface area contributed by atoms with Gasteiger partial charge in [-0.3, -0.25) is 18.8 Å². The first-order chi connectivity index (χ1) is 12.0. The predicted octanol–water partition coefficient (Wildman–Crippen LogP) is 1.69. The number of aryl methyl sites for hydroxylation is 2. The van der Waals surface area contributed by atoms with Crippen molar-refractivity contribution in [1.29, 1.82) is 0 Å². The van der Waals surface area contributed by atoms with E-state index in [-0.39, 0.29) is 18.0 Å². The summed E-state index contributed by atoms with van der Waals surface area (Å²) in [4.78, 5) is 33.3. The SMILES string of the molecule is Cc1cccc2sc(NC(=O)Cn3cnc4c(cnn4C)c3=O)nc12. The molecule has 0 saturated carbocycles. The Hall–Kier alpha value is -3.07. The van der Waals surface area contributed by atoms with Crippen molar-refractivity contribution in [2.75, 3.05) is 5.32 Å². The summed E-state index contributed by atoms with van der Waals surface area (Å²) in [6, 6.07) is 5.89. The number of para-hydroxylation sites is 1. The highest BCUT2D eigenvalue weighted by Crippen LogP contribution is 2.27. The van der Waals surface area contributed by atoms with Gasteiger partial charge >= 0.3 is 0 Å². The van der Waals surface area contributed by atoms with E-state index in [0.717, 1.165) is 15.8 Å². The maximum absolute atomic E-state index is 12.4. The summed E-state index contributed by atoms with van der Waals surface area (Å²) in [6.45, 7) is 1.84. The van der Waals surface area contributed by atoms with Crippen molar-refractivity contribution >= 4 is 43.6 Å². The van der Waals surface area contributed by atoms with Gasteiger partial charge in [0.15, 0.2) is 10.8 Å². The number of anilines is 1. The van der Waals surface area contributed by atoms with E-state index >= 15 is 0 Å². The van der Waals surface area contributed by atoms with Gasteiger partial charge in [-0.05, 0) is 18.6 Å². The molecule has 3 aromatic heterocycles. The molecule has 0 spiro atoms. The maximum atomic E-state index is 12.4. The van der Waals surface area contributed by atoms with E-state index in [1.54, 1.807) is 7.05 Å². The van der Waals surface area contributed by atoms with Crippen LogP contribution >= 0.6 is 11.3 Å². The predicted molar refractivity (Wildman–Crippen MR) is 95.8 cm³/mol. The van der Waals surface area contributed by atoms with Gasteiger partial charge in [0.05, 0.1) is 16.4 Å². The van der Waals surface area contributed by atoms with Crippen LogP contribution in [0, 0.1) is 6.92 Å². The average Bonchev–Trinajstić information content (AvgIpc) is 3.15. The number of hydrogen-bond acceptors (Lipinski definition) is 6. The number of nitrogens with one attached hydrogen (secondary N) is 1. The monoisotopic (exact) mass is 354 g/mol. The van der Waals surface area contributed by atoms with Crippen molar-refractivity contribution in [3.63, 3.8) is 0 Å². The van der Waals surface area contributed by atoms with Crippen molar-refractivity contribution < 1.29 is 4.79 Å². The number of thiazole rings is 1. The molecule has 4 rings (SSSR count). The molecule has 0 aliphatic heterocycles. The molecule has 25 heavy (non-hydrogen) atoms. The Kier molecular flexibility index (Phi) is 3.57. The van der Waals surface area contributed by atoms with Crippen molar-refractivity contribution in [1.82, 2.24) is 24.3 Å². The smallest absolute Gasteiger partial charge is 0.264 e. The minimum absolute atomic E-state index is 0.133. The van der Waals surface area contributed by atoms with E-state index in [4.69, 9.17) is 0 Å². The summed E-state index contributed by atoms with van der Waals surface area (Å²) < 4.78 is 3.79. The molecule has 126 valence electrons. The Morgan fingerprint density at radius 2 is 2.20 bits per heavy atom. The molecule has 9 heteroatoms. The summed E-state index contributed by atoms with van der Waals surface area (Å²) in [7, 11) is 1.71. The standard InChI is InChI=1S/C16H14N6O2S/c1-9-4-3-5-11-13(9)20-16(25-11)19-12(23)7-22-8-17-14-10(15(22)24)6-18-21(14)2/h3-6,8H,7H2,1-2H3,(H,19,20,23). The molecule has 0 fully saturated rings. The van der Waals surface area contributed by atoms with Crippen LogP contribution in [0.15, 0.2) is 35.5 Å². The molecule has 8 nitrogen and oxygen atoms in total. The number of benzene rings is 1. The number of rotatable bonds is 3. The fraction of sp³-hybridized carbons (Fsp3) is 0.188. The van der Waals surface area contributed by atoms with E-state index in [0.29, 0.717) is 16.2 Å². The Morgan fingerprint density at radius 3 is 3.00 bits per heavy atom. The lowest BCUT2D eigenvalue weighted by atomic mass is 10.2. The fourth-order valence-electron chi connectivity index (χ4n) is 2.63. The molecule has 0 aliphatic rings. The van der Waals surface area contributed by atoms with Gasteiger partial charge in [0.25, 0.3) is 5.56 Å². The summed E-state index contributed by atoms with van der Waals surface area (Å²) >= 11 is 1.40. The van der Waals surface area contributed by atoms with Crippen molar-refractivity contribution in [2.24, 2.45) is 7.05 Å². The van der Waals surface area contributed by atoms with Crippen molar-refractivity contribution in [2.45, 2.75) is 13.5 Å². The van der Waals surface area contributed by atoms with Gasteiger partial charge in [0.2, 0.25) is 5.91 Å². The normalized spacial score (nSPS) is 11.3. The molecule has 0 radical (unpaired) electrons. The van der Waals surface area contributed by atoms with Crippen LogP contribution in [0.3, 0.4) is 0 Å². The zero-order chi connectivity index (χ0) is 17.6. The largest absolute Gasteiger partial charge is 0.300 e. The number of carbonyl (C=O) groups excluding carboxylic acids is 1. The molecular formula is C16H14N6O2S. The highest BCUT2D eigenvalue weighted by molar-refractivity contribution is 7.22. The van der Waals surface area contributed by atoms with Crippen molar-refractivity contribution in [3.05, 3.63) is 46.6 Å². The minimum Gasteiger partial charge on any atom is -0.300 e. The third-order valence-corrected chi connectivity index (χ3v) is 4.84. The van der Waals surface area contributed by atoms with Crippen LogP contribution < -0.4 is 10.9 Å². The Morgan fingerprint density at radius 1 is 1.36 bits per heavy atom. The zero-order valence-corrected chi connectivity index (χ0v) is 14.4. The Balaban J connectivity index is 1.58. The first kappa shape index (κ1) is 15.5. The van der Waals surface area contributed by atoms with Gasteiger partial charge in [-0.15, -0.1) is 0 Å². The van der Waals surface area contributed by atoms with E-state index in [9.17, 15) is 9.59 Å². The van der Waals surface area contributed by atoms with Crippen LogP contribution in [-0.2, 0) is 18.4 Å². The minimum atomic E-state index is -0.330. The second kappa shape index (κ2) is 5.78. The van der Waals surface area contributed by atoms with Crippen molar-refractivity contribution in [3.8, 4) is 0 Å². The van der Waals surface area contributed by atoms with E-state index in [1.165, 1.54) is 33.1 Å². The topological polar surface area (TPSA) is 94.7 Å².